The van der Waals surface area contributed by atoms with Crippen molar-refractivity contribution >= 4 is 46.1 Å². The zero-order valence-corrected chi connectivity index (χ0v) is 14.7. The minimum atomic E-state index is -0.297. The standard InChI is InChI=1S/C20H16ClN3O2/c1-22-20(26)14-7-4-13(5-8-14)6-9-18(25)24-17-12-16(21)11-15-3-2-10-23-19(15)17/h2-12H,1H3,(H,22,26)(H,24,25). The number of carbonyl (C=O) groups is 2. The van der Waals surface area contributed by atoms with Gasteiger partial charge in [0.15, 0.2) is 0 Å². The second kappa shape index (κ2) is 7.80. The van der Waals surface area contributed by atoms with Crippen LogP contribution in [-0.2, 0) is 4.79 Å². The fourth-order valence-corrected chi connectivity index (χ4v) is 2.71. The Morgan fingerprint density at radius 1 is 1.12 bits per heavy atom. The molecule has 3 aromatic rings. The summed E-state index contributed by atoms with van der Waals surface area (Å²) in [4.78, 5) is 28.0. The first kappa shape index (κ1) is 17.6. The van der Waals surface area contributed by atoms with Crippen molar-refractivity contribution < 1.29 is 9.59 Å². The first-order valence-corrected chi connectivity index (χ1v) is 8.30. The zero-order valence-electron chi connectivity index (χ0n) is 14.0. The largest absolute Gasteiger partial charge is 0.355 e. The number of aromatic nitrogens is 1. The van der Waals surface area contributed by atoms with E-state index in [1.807, 2.05) is 12.1 Å². The molecular weight excluding hydrogens is 350 g/mol. The van der Waals surface area contributed by atoms with Crippen LogP contribution in [0.4, 0.5) is 5.69 Å². The summed E-state index contributed by atoms with van der Waals surface area (Å²) in [6.07, 6.45) is 4.75. The van der Waals surface area contributed by atoms with Gasteiger partial charge in [-0.1, -0.05) is 29.8 Å². The highest BCUT2D eigenvalue weighted by Gasteiger charge is 2.07. The van der Waals surface area contributed by atoms with Crippen molar-refractivity contribution in [1.82, 2.24) is 10.3 Å². The maximum Gasteiger partial charge on any atom is 0.251 e. The van der Waals surface area contributed by atoms with E-state index in [2.05, 4.69) is 15.6 Å². The molecule has 2 amide bonds. The normalized spacial score (nSPS) is 10.8. The van der Waals surface area contributed by atoms with Crippen LogP contribution in [-0.4, -0.2) is 23.8 Å². The summed E-state index contributed by atoms with van der Waals surface area (Å²) in [7, 11) is 1.58. The number of hydrogen-bond acceptors (Lipinski definition) is 3. The SMILES string of the molecule is CNC(=O)c1ccc(C=CC(=O)Nc2cc(Cl)cc3cccnc23)cc1. The minimum Gasteiger partial charge on any atom is -0.355 e. The van der Waals surface area contributed by atoms with E-state index in [1.54, 1.807) is 55.7 Å². The van der Waals surface area contributed by atoms with Crippen LogP contribution >= 0.6 is 11.6 Å². The summed E-state index contributed by atoms with van der Waals surface area (Å²) < 4.78 is 0. The van der Waals surface area contributed by atoms with E-state index in [9.17, 15) is 9.59 Å². The predicted octanol–water partition coefficient (Wildman–Crippen LogP) is 3.90. The van der Waals surface area contributed by atoms with E-state index in [1.165, 1.54) is 6.08 Å². The fourth-order valence-electron chi connectivity index (χ4n) is 2.49. The van der Waals surface area contributed by atoms with Gasteiger partial charge in [0.1, 0.15) is 0 Å². The molecule has 6 heteroatoms. The van der Waals surface area contributed by atoms with Crippen molar-refractivity contribution in [2.24, 2.45) is 0 Å². The van der Waals surface area contributed by atoms with E-state index in [0.717, 1.165) is 10.9 Å². The topological polar surface area (TPSA) is 71.1 Å². The van der Waals surface area contributed by atoms with Crippen LogP contribution in [0, 0.1) is 0 Å². The number of halogens is 1. The summed E-state index contributed by atoms with van der Waals surface area (Å²) in [5, 5.41) is 6.73. The fraction of sp³-hybridized carbons (Fsp3) is 0.0500. The van der Waals surface area contributed by atoms with Crippen molar-refractivity contribution in [3.8, 4) is 0 Å². The van der Waals surface area contributed by atoms with Crippen molar-refractivity contribution in [2.45, 2.75) is 0 Å². The molecule has 0 aliphatic carbocycles. The molecule has 0 fully saturated rings. The number of fused-ring (bicyclic) bond motifs is 1. The van der Waals surface area contributed by atoms with Gasteiger partial charge in [-0.25, -0.2) is 0 Å². The molecule has 0 bridgehead atoms. The Morgan fingerprint density at radius 3 is 2.62 bits per heavy atom. The number of nitrogens with zero attached hydrogens (tertiary/aromatic N) is 1. The number of amides is 2. The van der Waals surface area contributed by atoms with E-state index < -0.39 is 0 Å². The second-order valence-corrected chi connectivity index (χ2v) is 5.99. The third kappa shape index (κ3) is 4.07. The minimum absolute atomic E-state index is 0.154. The van der Waals surface area contributed by atoms with E-state index in [-0.39, 0.29) is 11.8 Å². The van der Waals surface area contributed by atoms with E-state index >= 15 is 0 Å². The summed E-state index contributed by atoms with van der Waals surface area (Å²) >= 11 is 6.10. The van der Waals surface area contributed by atoms with Crippen LogP contribution < -0.4 is 10.6 Å². The van der Waals surface area contributed by atoms with Gasteiger partial charge in [0, 0.05) is 35.3 Å². The molecule has 0 radical (unpaired) electrons. The molecule has 0 spiro atoms. The molecule has 2 N–H and O–H groups in total. The molecule has 0 aliphatic rings. The lowest BCUT2D eigenvalue weighted by molar-refractivity contribution is -0.111. The smallest absolute Gasteiger partial charge is 0.251 e. The van der Waals surface area contributed by atoms with Gasteiger partial charge >= 0.3 is 0 Å². The van der Waals surface area contributed by atoms with Gasteiger partial charge in [0.05, 0.1) is 11.2 Å². The number of nitrogens with one attached hydrogen (secondary N) is 2. The highest BCUT2D eigenvalue weighted by Crippen LogP contribution is 2.26. The summed E-state index contributed by atoms with van der Waals surface area (Å²) in [5.41, 5.74) is 2.60. The lowest BCUT2D eigenvalue weighted by Gasteiger charge is -2.07. The summed E-state index contributed by atoms with van der Waals surface area (Å²) in [6.45, 7) is 0. The third-order valence-electron chi connectivity index (χ3n) is 3.75. The number of pyridine rings is 1. The Balaban J connectivity index is 1.75. The molecule has 3 rings (SSSR count). The maximum atomic E-state index is 12.2. The highest BCUT2D eigenvalue weighted by molar-refractivity contribution is 6.32. The van der Waals surface area contributed by atoms with Crippen LogP contribution in [0.25, 0.3) is 17.0 Å². The van der Waals surface area contributed by atoms with Crippen molar-refractivity contribution in [3.05, 3.63) is 77.0 Å². The lowest BCUT2D eigenvalue weighted by atomic mass is 10.1. The van der Waals surface area contributed by atoms with Crippen molar-refractivity contribution in [3.63, 3.8) is 0 Å². The molecule has 0 saturated heterocycles. The Hall–Kier alpha value is -3.18. The Labute approximate surface area is 155 Å². The number of anilines is 1. The first-order valence-electron chi connectivity index (χ1n) is 7.92. The maximum absolute atomic E-state index is 12.2. The zero-order chi connectivity index (χ0) is 18.5. The van der Waals surface area contributed by atoms with E-state index in [0.29, 0.717) is 21.8 Å². The highest BCUT2D eigenvalue weighted by atomic mass is 35.5. The van der Waals surface area contributed by atoms with Crippen LogP contribution in [0.1, 0.15) is 15.9 Å². The van der Waals surface area contributed by atoms with Gasteiger partial charge in [0.25, 0.3) is 5.91 Å². The summed E-state index contributed by atoms with van der Waals surface area (Å²) in [6, 6.07) is 14.1. The third-order valence-corrected chi connectivity index (χ3v) is 3.97. The Kier molecular flexibility index (Phi) is 5.29. The second-order valence-electron chi connectivity index (χ2n) is 5.55. The molecule has 2 aromatic carbocycles. The van der Waals surface area contributed by atoms with Crippen LogP contribution in [0.3, 0.4) is 0 Å². The molecular formula is C20H16ClN3O2. The predicted molar refractivity (Wildman–Crippen MR) is 104 cm³/mol. The van der Waals surface area contributed by atoms with Gasteiger partial charge in [-0.15, -0.1) is 0 Å². The first-order chi connectivity index (χ1) is 12.6. The molecule has 1 aromatic heterocycles. The van der Waals surface area contributed by atoms with E-state index in [4.69, 9.17) is 11.6 Å². The Bertz CT molecular complexity index is 998. The quantitative estimate of drug-likeness (QED) is 0.689. The molecule has 130 valence electrons. The van der Waals surface area contributed by atoms with Crippen LogP contribution in [0.2, 0.25) is 5.02 Å². The van der Waals surface area contributed by atoms with Gasteiger partial charge in [-0.3, -0.25) is 14.6 Å². The van der Waals surface area contributed by atoms with Gasteiger partial charge in [-0.2, -0.15) is 0 Å². The van der Waals surface area contributed by atoms with Crippen LogP contribution in [0.5, 0.6) is 0 Å². The molecule has 0 atom stereocenters. The van der Waals surface area contributed by atoms with Crippen molar-refractivity contribution in [2.75, 3.05) is 12.4 Å². The monoisotopic (exact) mass is 365 g/mol. The summed E-state index contributed by atoms with van der Waals surface area (Å²) in [5.74, 6) is -0.451. The van der Waals surface area contributed by atoms with Gasteiger partial charge in [-0.05, 0) is 42.0 Å². The molecule has 1 heterocycles. The average molecular weight is 366 g/mol. The Morgan fingerprint density at radius 2 is 1.88 bits per heavy atom. The molecule has 0 saturated carbocycles. The number of rotatable bonds is 4. The van der Waals surface area contributed by atoms with Gasteiger partial charge < -0.3 is 10.6 Å². The lowest BCUT2D eigenvalue weighted by Crippen LogP contribution is -2.17. The van der Waals surface area contributed by atoms with Gasteiger partial charge in [0.2, 0.25) is 5.91 Å². The van der Waals surface area contributed by atoms with Crippen molar-refractivity contribution in [1.29, 1.82) is 0 Å². The molecule has 0 unspecified atom stereocenters. The molecule has 26 heavy (non-hydrogen) atoms. The molecule has 5 nitrogen and oxygen atoms in total. The number of hydrogen-bond donors (Lipinski definition) is 2. The van der Waals surface area contributed by atoms with Crippen LogP contribution in [0.15, 0.2) is 60.8 Å². The molecule has 0 aliphatic heterocycles. The number of benzene rings is 2. The average Bonchev–Trinajstić information content (AvgIpc) is 2.66. The number of carbonyl (C=O) groups excluding carboxylic acids is 2.